The van der Waals surface area contributed by atoms with Crippen LogP contribution in [0, 0.1) is 6.92 Å². The van der Waals surface area contributed by atoms with Crippen LogP contribution in [0.4, 0.5) is 0 Å². The predicted molar refractivity (Wildman–Crippen MR) is 208 cm³/mol. The van der Waals surface area contributed by atoms with Crippen molar-refractivity contribution in [2.75, 3.05) is 0 Å². The van der Waals surface area contributed by atoms with Crippen molar-refractivity contribution >= 4 is 32.7 Å². The van der Waals surface area contributed by atoms with E-state index in [1.165, 1.54) is 82.7 Å². The number of hydrogen-bond donors (Lipinski definition) is 0. The third-order valence-corrected chi connectivity index (χ3v) is 10.9. The average molecular weight is 639 g/mol. The van der Waals surface area contributed by atoms with Crippen LogP contribution < -0.4 is 0 Å². The third-order valence-electron chi connectivity index (χ3n) is 10.9. The van der Waals surface area contributed by atoms with Crippen molar-refractivity contribution in [2.45, 2.75) is 18.8 Å². The van der Waals surface area contributed by atoms with Crippen LogP contribution >= 0.6 is 0 Å². The summed E-state index contributed by atoms with van der Waals surface area (Å²) in [5.74, 6) is 0. The zero-order chi connectivity index (χ0) is 33.2. The molecule has 8 aromatic carbocycles. The maximum atomic E-state index is 6.29. The lowest BCUT2D eigenvalue weighted by molar-refractivity contribution is 0.668. The number of rotatable bonds is 5. The Kier molecular flexibility index (Phi) is 6.44. The van der Waals surface area contributed by atoms with Gasteiger partial charge in [-0.1, -0.05) is 163 Å². The molecule has 1 heteroatoms. The SMILES string of the molecule is Cc1ccc(-c2cc3c(c4ccccc24)-c2ccc(Cc4cccc5oc6ccccc6c45)cc2C3(c2ccccc2)c2ccccc2)cc1. The van der Waals surface area contributed by atoms with Gasteiger partial charge in [-0.3, -0.25) is 0 Å². The van der Waals surface area contributed by atoms with E-state index in [4.69, 9.17) is 4.42 Å². The Morgan fingerprint density at radius 2 is 1.12 bits per heavy atom. The molecule has 1 aromatic heterocycles. The van der Waals surface area contributed by atoms with E-state index < -0.39 is 5.41 Å². The minimum atomic E-state index is -0.513. The minimum absolute atomic E-state index is 0.513. The van der Waals surface area contributed by atoms with Gasteiger partial charge in [-0.2, -0.15) is 0 Å². The molecule has 0 spiro atoms. The third kappa shape index (κ3) is 4.20. The predicted octanol–water partition coefficient (Wildman–Crippen LogP) is 12.7. The summed E-state index contributed by atoms with van der Waals surface area (Å²) in [6, 6.07) is 64.9. The van der Waals surface area contributed by atoms with E-state index in [0.717, 1.165) is 17.6 Å². The fourth-order valence-corrected chi connectivity index (χ4v) is 8.69. The number of hydrogen-bond acceptors (Lipinski definition) is 1. The van der Waals surface area contributed by atoms with E-state index in [1.54, 1.807) is 0 Å². The first-order valence-corrected chi connectivity index (χ1v) is 17.5. The van der Waals surface area contributed by atoms with Gasteiger partial charge in [-0.25, -0.2) is 0 Å². The second-order valence-corrected chi connectivity index (χ2v) is 13.7. The van der Waals surface area contributed by atoms with Crippen molar-refractivity contribution in [3.05, 3.63) is 215 Å². The quantitative estimate of drug-likeness (QED) is 0.183. The summed E-state index contributed by atoms with van der Waals surface area (Å²) in [4.78, 5) is 0. The second-order valence-electron chi connectivity index (χ2n) is 13.7. The molecule has 1 nitrogen and oxygen atoms in total. The molecular weight excluding hydrogens is 605 g/mol. The molecule has 1 aliphatic carbocycles. The summed E-state index contributed by atoms with van der Waals surface area (Å²) in [5.41, 5.74) is 15.5. The van der Waals surface area contributed by atoms with Crippen LogP contribution in [-0.2, 0) is 11.8 Å². The number of fused-ring (bicyclic) bond motifs is 8. The zero-order valence-electron chi connectivity index (χ0n) is 27.9. The van der Waals surface area contributed by atoms with Crippen LogP contribution in [-0.4, -0.2) is 0 Å². The Morgan fingerprint density at radius 1 is 0.480 bits per heavy atom. The minimum Gasteiger partial charge on any atom is -0.456 e. The van der Waals surface area contributed by atoms with E-state index >= 15 is 0 Å². The van der Waals surface area contributed by atoms with Crippen LogP contribution in [0.25, 0.3) is 55.0 Å². The molecule has 9 aromatic rings. The summed E-state index contributed by atoms with van der Waals surface area (Å²) < 4.78 is 6.29. The molecule has 1 heterocycles. The van der Waals surface area contributed by atoms with E-state index in [9.17, 15) is 0 Å². The maximum absolute atomic E-state index is 6.29. The normalized spacial score (nSPS) is 13.1. The highest BCUT2D eigenvalue weighted by atomic mass is 16.3. The van der Waals surface area contributed by atoms with Crippen molar-refractivity contribution < 1.29 is 4.42 Å². The molecule has 0 amide bonds. The fraction of sp³-hybridized carbons (Fsp3) is 0.0612. The molecule has 0 N–H and O–H groups in total. The summed E-state index contributed by atoms with van der Waals surface area (Å²) in [6.45, 7) is 2.16. The lowest BCUT2D eigenvalue weighted by atomic mass is 9.67. The molecular formula is C49H34O. The molecule has 0 atom stereocenters. The van der Waals surface area contributed by atoms with Gasteiger partial charge in [0.15, 0.2) is 0 Å². The van der Waals surface area contributed by atoms with Crippen LogP contribution in [0.2, 0.25) is 0 Å². The molecule has 1 aliphatic rings. The lowest BCUT2D eigenvalue weighted by Gasteiger charge is -2.34. The number of furan rings is 1. The topological polar surface area (TPSA) is 13.1 Å². The van der Waals surface area contributed by atoms with Crippen molar-refractivity contribution in [1.82, 2.24) is 0 Å². The Labute approximate surface area is 292 Å². The molecule has 10 rings (SSSR count). The zero-order valence-corrected chi connectivity index (χ0v) is 27.9. The summed E-state index contributed by atoms with van der Waals surface area (Å²) >= 11 is 0. The van der Waals surface area contributed by atoms with Gasteiger partial charge < -0.3 is 4.42 Å². The first kappa shape index (κ1) is 28.8. The number of aryl methyl sites for hydroxylation is 1. The second kappa shape index (κ2) is 11.2. The van der Waals surface area contributed by atoms with E-state index in [-0.39, 0.29) is 0 Å². The van der Waals surface area contributed by atoms with E-state index in [2.05, 4.69) is 177 Å². The summed E-state index contributed by atoms with van der Waals surface area (Å²) in [5, 5.41) is 4.95. The number of para-hydroxylation sites is 1. The van der Waals surface area contributed by atoms with Crippen LogP contribution in [0.15, 0.2) is 180 Å². The average Bonchev–Trinajstić information content (AvgIpc) is 3.70. The molecule has 0 aliphatic heterocycles. The molecule has 0 radical (unpaired) electrons. The lowest BCUT2D eigenvalue weighted by Crippen LogP contribution is -2.28. The first-order chi connectivity index (χ1) is 24.7. The Morgan fingerprint density at radius 3 is 1.86 bits per heavy atom. The van der Waals surface area contributed by atoms with Crippen LogP contribution in [0.5, 0.6) is 0 Å². The van der Waals surface area contributed by atoms with Crippen LogP contribution in [0.3, 0.4) is 0 Å². The largest absolute Gasteiger partial charge is 0.456 e. The van der Waals surface area contributed by atoms with Gasteiger partial charge >= 0.3 is 0 Å². The molecule has 236 valence electrons. The van der Waals surface area contributed by atoms with Gasteiger partial charge in [0, 0.05) is 10.8 Å². The van der Waals surface area contributed by atoms with Gasteiger partial charge in [0.25, 0.3) is 0 Å². The molecule has 0 saturated carbocycles. The van der Waals surface area contributed by atoms with Gasteiger partial charge in [0.2, 0.25) is 0 Å². The molecule has 0 unspecified atom stereocenters. The van der Waals surface area contributed by atoms with Gasteiger partial charge in [-0.05, 0) is 98.0 Å². The van der Waals surface area contributed by atoms with Crippen molar-refractivity contribution in [1.29, 1.82) is 0 Å². The highest BCUT2D eigenvalue weighted by molar-refractivity contribution is 6.10. The van der Waals surface area contributed by atoms with Gasteiger partial charge in [0.1, 0.15) is 11.2 Å². The van der Waals surface area contributed by atoms with Gasteiger partial charge in [-0.15, -0.1) is 0 Å². The molecule has 0 fully saturated rings. The number of benzene rings is 8. The van der Waals surface area contributed by atoms with E-state index in [0.29, 0.717) is 0 Å². The summed E-state index contributed by atoms with van der Waals surface area (Å²) in [6.07, 6.45) is 0.805. The highest BCUT2D eigenvalue weighted by Crippen LogP contribution is 2.59. The molecule has 0 saturated heterocycles. The van der Waals surface area contributed by atoms with Crippen molar-refractivity contribution in [2.24, 2.45) is 0 Å². The standard InChI is InChI=1S/C49H34O/c1-32-23-26-34(27-24-32)42-31-44-48(39-19-9-8-18-38(39)42)40-28-25-33(29-35-13-12-22-46-47(35)41-20-10-11-21-45(41)50-46)30-43(40)49(44,36-14-4-2-5-15-36)37-16-6-3-7-17-37/h2-28,30-31H,29H2,1H3. The summed E-state index contributed by atoms with van der Waals surface area (Å²) in [7, 11) is 0. The Balaban J connectivity index is 1.28. The van der Waals surface area contributed by atoms with Crippen molar-refractivity contribution in [3.63, 3.8) is 0 Å². The molecule has 50 heavy (non-hydrogen) atoms. The highest BCUT2D eigenvalue weighted by Gasteiger charge is 2.47. The first-order valence-electron chi connectivity index (χ1n) is 17.5. The van der Waals surface area contributed by atoms with E-state index in [1.807, 2.05) is 6.07 Å². The smallest absolute Gasteiger partial charge is 0.135 e. The maximum Gasteiger partial charge on any atom is 0.135 e. The Bertz CT molecular complexity index is 2680. The monoisotopic (exact) mass is 638 g/mol. The Hall–Kier alpha value is -6.18. The van der Waals surface area contributed by atoms with Crippen LogP contribution in [0.1, 0.15) is 38.9 Å². The van der Waals surface area contributed by atoms with Gasteiger partial charge in [0.05, 0.1) is 5.41 Å². The fourth-order valence-electron chi connectivity index (χ4n) is 8.69. The van der Waals surface area contributed by atoms with Crippen molar-refractivity contribution in [3.8, 4) is 22.3 Å². The molecule has 0 bridgehead atoms.